The van der Waals surface area contributed by atoms with Gasteiger partial charge in [-0.1, -0.05) is 18.2 Å². The second-order valence-electron chi connectivity index (χ2n) is 4.31. The van der Waals surface area contributed by atoms with Gasteiger partial charge in [0.15, 0.2) is 0 Å². The Kier molecular flexibility index (Phi) is 5.97. The van der Waals surface area contributed by atoms with E-state index in [9.17, 15) is 18.0 Å². The summed E-state index contributed by atoms with van der Waals surface area (Å²) in [5.41, 5.74) is 0.871. The van der Waals surface area contributed by atoms with E-state index >= 15 is 0 Å². The molecule has 0 saturated heterocycles. The summed E-state index contributed by atoms with van der Waals surface area (Å²) in [5, 5.41) is 9.00. The first-order valence-corrected chi connectivity index (χ1v) is 6.00. The van der Waals surface area contributed by atoms with Gasteiger partial charge in [-0.2, -0.15) is 0 Å². The van der Waals surface area contributed by atoms with Crippen LogP contribution in [0.1, 0.15) is 15.9 Å². The number of carboxylic acids is 1. The van der Waals surface area contributed by atoms with Crippen LogP contribution in [0, 0.1) is 0 Å². The molecular weight excluding hydrogens is 275 g/mol. The summed E-state index contributed by atoms with van der Waals surface area (Å²) in [6, 6.07) is 6.57. The largest absolute Gasteiger partial charge is 0.522 e. The molecule has 0 aliphatic heterocycles. The fraction of sp³-hybridized carbons (Fsp3) is 0.462. The monoisotopic (exact) mass is 291 g/mol. The number of rotatable bonds is 7. The maximum atomic E-state index is 11.8. The van der Waals surface area contributed by atoms with Gasteiger partial charge in [0.05, 0.1) is 12.2 Å². The maximum absolute atomic E-state index is 11.8. The van der Waals surface area contributed by atoms with E-state index in [1.165, 1.54) is 6.07 Å². The molecule has 0 bridgehead atoms. The number of carboxylic acid groups (broad SMARTS) is 1. The summed E-state index contributed by atoms with van der Waals surface area (Å²) in [6.45, 7) is 0.126. The van der Waals surface area contributed by atoms with Gasteiger partial charge in [0.1, 0.15) is 0 Å². The predicted molar refractivity (Wildman–Crippen MR) is 66.6 cm³/mol. The van der Waals surface area contributed by atoms with Crippen molar-refractivity contribution in [3.05, 3.63) is 35.4 Å². The third kappa shape index (κ3) is 6.03. The minimum Gasteiger partial charge on any atom is -0.478 e. The first kappa shape index (κ1) is 16.5. The van der Waals surface area contributed by atoms with Gasteiger partial charge in [-0.15, -0.1) is 13.2 Å². The number of ether oxygens (including phenoxy) is 1. The van der Waals surface area contributed by atoms with Crippen molar-refractivity contribution < 1.29 is 27.8 Å². The zero-order valence-corrected chi connectivity index (χ0v) is 11.0. The van der Waals surface area contributed by atoms with Crippen LogP contribution in [0.25, 0.3) is 0 Å². The molecule has 1 N–H and O–H groups in total. The van der Waals surface area contributed by atoms with E-state index in [4.69, 9.17) is 5.11 Å². The molecule has 1 rings (SSSR count). The van der Waals surface area contributed by atoms with Crippen LogP contribution in [0.4, 0.5) is 13.2 Å². The lowest BCUT2D eigenvalue weighted by molar-refractivity contribution is -0.324. The first-order valence-electron chi connectivity index (χ1n) is 6.00. The van der Waals surface area contributed by atoms with E-state index in [1.54, 1.807) is 30.1 Å². The first-order chi connectivity index (χ1) is 9.29. The van der Waals surface area contributed by atoms with Crippen molar-refractivity contribution in [2.24, 2.45) is 0 Å². The third-order valence-electron chi connectivity index (χ3n) is 2.75. The van der Waals surface area contributed by atoms with Crippen molar-refractivity contribution in [2.45, 2.75) is 12.8 Å². The average molecular weight is 291 g/mol. The van der Waals surface area contributed by atoms with Crippen LogP contribution in [-0.2, 0) is 11.2 Å². The molecule has 0 fully saturated rings. The highest BCUT2D eigenvalue weighted by molar-refractivity contribution is 5.89. The fourth-order valence-corrected chi connectivity index (χ4v) is 1.69. The molecule has 0 aliphatic carbocycles. The van der Waals surface area contributed by atoms with E-state index in [0.29, 0.717) is 18.5 Å². The average Bonchev–Trinajstić information content (AvgIpc) is 2.35. The Morgan fingerprint density at radius 1 is 1.30 bits per heavy atom. The number of hydrogen-bond acceptors (Lipinski definition) is 3. The summed E-state index contributed by atoms with van der Waals surface area (Å²) in [6.07, 6.45) is -4.16. The summed E-state index contributed by atoms with van der Waals surface area (Å²) < 4.78 is 39.1. The van der Waals surface area contributed by atoms with Crippen LogP contribution < -0.4 is 0 Å². The van der Waals surface area contributed by atoms with Gasteiger partial charge >= 0.3 is 12.3 Å². The molecule has 1 aromatic rings. The molecule has 0 atom stereocenters. The smallest absolute Gasteiger partial charge is 0.478 e. The van der Waals surface area contributed by atoms with Crippen molar-refractivity contribution in [2.75, 3.05) is 26.7 Å². The van der Waals surface area contributed by atoms with Crippen LogP contribution in [0.15, 0.2) is 24.3 Å². The molecule has 0 radical (unpaired) electrons. The zero-order valence-electron chi connectivity index (χ0n) is 11.0. The SMILES string of the molecule is CN(CCOC(F)(F)F)CCc1ccccc1C(=O)O. The maximum Gasteiger partial charge on any atom is 0.522 e. The number of alkyl halides is 3. The normalized spacial score (nSPS) is 11.8. The van der Waals surface area contributed by atoms with Crippen molar-refractivity contribution in [1.82, 2.24) is 4.90 Å². The van der Waals surface area contributed by atoms with Crippen LogP contribution in [-0.4, -0.2) is 49.1 Å². The van der Waals surface area contributed by atoms with E-state index in [0.717, 1.165) is 0 Å². The van der Waals surface area contributed by atoms with Crippen LogP contribution in [0.3, 0.4) is 0 Å². The van der Waals surface area contributed by atoms with Crippen molar-refractivity contribution in [1.29, 1.82) is 0 Å². The summed E-state index contributed by atoms with van der Waals surface area (Å²) >= 11 is 0. The lowest BCUT2D eigenvalue weighted by atomic mass is 10.0. The Bertz CT molecular complexity index is 449. The van der Waals surface area contributed by atoms with Gasteiger partial charge in [-0.3, -0.25) is 4.74 Å². The molecule has 1 aromatic carbocycles. The minimum absolute atomic E-state index is 0.120. The Morgan fingerprint density at radius 3 is 2.55 bits per heavy atom. The highest BCUT2D eigenvalue weighted by Crippen LogP contribution is 2.15. The summed E-state index contributed by atoms with van der Waals surface area (Å²) in [7, 11) is 1.66. The number of carbonyl (C=O) groups is 1. The molecule has 0 aromatic heterocycles. The van der Waals surface area contributed by atoms with E-state index < -0.39 is 18.9 Å². The highest BCUT2D eigenvalue weighted by atomic mass is 19.4. The number of aromatic carboxylic acids is 1. The highest BCUT2D eigenvalue weighted by Gasteiger charge is 2.28. The molecule has 0 heterocycles. The number of hydrogen-bond donors (Lipinski definition) is 1. The fourth-order valence-electron chi connectivity index (χ4n) is 1.69. The standard InChI is InChI=1S/C13H16F3NO3/c1-17(8-9-20-13(14,15)16)7-6-10-4-2-3-5-11(10)12(18)19/h2-5H,6-9H2,1H3,(H,18,19). The van der Waals surface area contributed by atoms with Crippen molar-refractivity contribution in [3.8, 4) is 0 Å². The molecule has 0 saturated carbocycles. The second kappa shape index (κ2) is 7.25. The number of nitrogens with zero attached hydrogens (tertiary/aromatic N) is 1. The zero-order chi connectivity index (χ0) is 15.2. The van der Waals surface area contributed by atoms with Gasteiger partial charge in [-0.25, -0.2) is 4.79 Å². The topological polar surface area (TPSA) is 49.8 Å². The molecular formula is C13H16F3NO3. The molecule has 0 aliphatic rings. The van der Waals surface area contributed by atoms with E-state index in [-0.39, 0.29) is 12.1 Å². The lowest BCUT2D eigenvalue weighted by Crippen LogP contribution is -2.28. The molecule has 112 valence electrons. The number of likely N-dealkylation sites (N-methyl/N-ethyl adjacent to an activating group) is 1. The summed E-state index contributed by atoms with van der Waals surface area (Å²) in [4.78, 5) is 12.6. The molecule has 7 heteroatoms. The quantitative estimate of drug-likeness (QED) is 0.838. The Labute approximate surface area is 114 Å². The van der Waals surface area contributed by atoms with Gasteiger partial charge in [0, 0.05) is 13.1 Å². The Morgan fingerprint density at radius 2 is 1.95 bits per heavy atom. The van der Waals surface area contributed by atoms with Gasteiger partial charge in [-0.05, 0) is 25.1 Å². The third-order valence-corrected chi connectivity index (χ3v) is 2.75. The van der Waals surface area contributed by atoms with Crippen LogP contribution in [0.2, 0.25) is 0 Å². The Balaban J connectivity index is 2.41. The van der Waals surface area contributed by atoms with Crippen LogP contribution >= 0.6 is 0 Å². The van der Waals surface area contributed by atoms with E-state index in [1.807, 2.05) is 0 Å². The van der Waals surface area contributed by atoms with Crippen molar-refractivity contribution >= 4 is 5.97 Å². The number of benzene rings is 1. The second-order valence-corrected chi connectivity index (χ2v) is 4.31. The summed E-state index contributed by atoms with van der Waals surface area (Å²) in [5.74, 6) is -1.01. The van der Waals surface area contributed by atoms with Crippen molar-refractivity contribution in [3.63, 3.8) is 0 Å². The molecule has 0 unspecified atom stereocenters. The minimum atomic E-state index is -4.61. The predicted octanol–water partition coefficient (Wildman–Crippen LogP) is 2.40. The van der Waals surface area contributed by atoms with E-state index in [2.05, 4.69) is 4.74 Å². The molecule has 4 nitrogen and oxygen atoms in total. The van der Waals surface area contributed by atoms with Gasteiger partial charge < -0.3 is 10.0 Å². The van der Waals surface area contributed by atoms with Gasteiger partial charge in [0.25, 0.3) is 0 Å². The molecule has 20 heavy (non-hydrogen) atoms. The van der Waals surface area contributed by atoms with Gasteiger partial charge in [0.2, 0.25) is 0 Å². The lowest BCUT2D eigenvalue weighted by Gasteiger charge is -2.17. The number of halogens is 3. The Hall–Kier alpha value is -1.60. The molecule has 0 spiro atoms. The van der Waals surface area contributed by atoms with Crippen LogP contribution in [0.5, 0.6) is 0 Å². The molecule has 0 amide bonds.